The van der Waals surface area contributed by atoms with Crippen molar-refractivity contribution >= 4 is 5.91 Å². The fraction of sp³-hybridized carbons (Fsp3) is 0.700. The lowest BCUT2D eigenvalue weighted by Crippen LogP contribution is -2.44. The Kier molecular flexibility index (Phi) is 3.70. The summed E-state index contributed by atoms with van der Waals surface area (Å²) in [6.07, 6.45) is 1.71. The Hall–Kier alpha value is -1.47. The lowest BCUT2D eigenvalue weighted by molar-refractivity contribution is -0.0126. The van der Waals surface area contributed by atoms with E-state index in [-0.39, 0.29) is 12.0 Å². The van der Waals surface area contributed by atoms with E-state index >= 15 is 0 Å². The standard InChI is InChI=1S/C10H17N5O2/c1-8-6-14(4-5-17-8)10(16)9-7-15(3-2-11)13-12-9/h7-8H,2-6,11H2,1H3. The van der Waals surface area contributed by atoms with Crippen molar-refractivity contribution in [2.75, 3.05) is 26.2 Å². The van der Waals surface area contributed by atoms with Gasteiger partial charge < -0.3 is 15.4 Å². The van der Waals surface area contributed by atoms with Crippen LogP contribution in [0, 0.1) is 0 Å². The number of ether oxygens (including phenoxy) is 1. The molecule has 1 atom stereocenters. The molecule has 1 unspecified atom stereocenters. The average molecular weight is 239 g/mol. The molecule has 0 spiro atoms. The van der Waals surface area contributed by atoms with E-state index in [4.69, 9.17) is 10.5 Å². The van der Waals surface area contributed by atoms with Gasteiger partial charge in [0.05, 0.1) is 25.5 Å². The molecule has 1 aromatic heterocycles. The fourth-order valence-corrected chi connectivity index (χ4v) is 1.80. The SMILES string of the molecule is CC1CN(C(=O)c2cn(CCN)nn2)CCO1. The number of aromatic nitrogens is 3. The predicted octanol–water partition coefficient (Wildman–Crippen LogP) is -0.902. The normalized spacial score (nSPS) is 20.6. The van der Waals surface area contributed by atoms with Gasteiger partial charge in [0.25, 0.3) is 5.91 Å². The highest BCUT2D eigenvalue weighted by Gasteiger charge is 2.24. The zero-order valence-corrected chi connectivity index (χ0v) is 9.87. The quantitative estimate of drug-likeness (QED) is 0.738. The molecule has 2 rings (SSSR count). The molecule has 1 fully saturated rings. The molecule has 1 amide bonds. The molecule has 17 heavy (non-hydrogen) atoms. The summed E-state index contributed by atoms with van der Waals surface area (Å²) in [5.41, 5.74) is 5.77. The van der Waals surface area contributed by atoms with E-state index in [1.807, 2.05) is 6.92 Å². The second-order valence-electron chi connectivity index (χ2n) is 4.09. The van der Waals surface area contributed by atoms with Crippen LogP contribution in [0.25, 0.3) is 0 Å². The minimum atomic E-state index is -0.0941. The number of rotatable bonds is 3. The van der Waals surface area contributed by atoms with E-state index in [0.717, 1.165) is 0 Å². The monoisotopic (exact) mass is 239 g/mol. The van der Waals surface area contributed by atoms with Gasteiger partial charge in [-0.05, 0) is 6.92 Å². The first-order valence-electron chi connectivity index (χ1n) is 5.72. The Bertz CT molecular complexity index is 392. The first kappa shape index (κ1) is 12.0. The van der Waals surface area contributed by atoms with E-state index in [9.17, 15) is 4.79 Å². The lowest BCUT2D eigenvalue weighted by atomic mass is 10.3. The van der Waals surface area contributed by atoms with Crippen molar-refractivity contribution < 1.29 is 9.53 Å². The molecule has 0 saturated carbocycles. The van der Waals surface area contributed by atoms with Crippen LogP contribution in [-0.2, 0) is 11.3 Å². The number of hydrogen-bond donors (Lipinski definition) is 1. The molecule has 1 aliphatic rings. The molecular formula is C10H17N5O2. The van der Waals surface area contributed by atoms with Gasteiger partial charge in [0, 0.05) is 19.6 Å². The van der Waals surface area contributed by atoms with E-state index in [1.54, 1.807) is 15.8 Å². The first-order chi connectivity index (χ1) is 8.20. The second-order valence-corrected chi connectivity index (χ2v) is 4.09. The van der Waals surface area contributed by atoms with Crippen LogP contribution in [0.5, 0.6) is 0 Å². The minimum Gasteiger partial charge on any atom is -0.375 e. The van der Waals surface area contributed by atoms with Crippen LogP contribution in [0.4, 0.5) is 0 Å². The van der Waals surface area contributed by atoms with Gasteiger partial charge in [-0.2, -0.15) is 0 Å². The molecule has 7 heteroatoms. The molecule has 2 heterocycles. The smallest absolute Gasteiger partial charge is 0.276 e. The summed E-state index contributed by atoms with van der Waals surface area (Å²) < 4.78 is 6.97. The van der Waals surface area contributed by atoms with Crippen LogP contribution >= 0.6 is 0 Å². The summed E-state index contributed by atoms with van der Waals surface area (Å²) in [5.74, 6) is -0.0941. The fourth-order valence-electron chi connectivity index (χ4n) is 1.80. The van der Waals surface area contributed by atoms with Crippen LogP contribution in [0.2, 0.25) is 0 Å². The zero-order chi connectivity index (χ0) is 12.3. The molecule has 0 radical (unpaired) electrons. The van der Waals surface area contributed by atoms with Crippen molar-refractivity contribution in [3.05, 3.63) is 11.9 Å². The molecular weight excluding hydrogens is 222 g/mol. The van der Waals surface area contributed by atoms with E-state index in [1.165, 1.54) is 0 Å². The van der Waals surface area contributed by atoms with Gasteiger partial charge in [0.15, 0.2) is 5.69 Å². The predicted molar refractivity (Wildman–Crippen MR) is 60.4 cm³/mol. The van der Waals surface area contributed by atoms with E-state index in [2.05, 4.69) is 10.3 Å². The minimum absolute atomic E-state index is 0.0757. The molecule has 94 valence electrons. The molecule has 2 N–H and O–H groups in total. The number of carbonyl (C=O) groups is 1. The Balaban J connectivity index is 2.02. The number of carbonyl (C=O) groups excluding carboxylic acids is 1. The number of nitrogens with zero attached hydrogens (tertiary/aromatic N) is 4. The Labute approximate surface area is 99.5 Å². The Morgan fingerprint density at radius 1 is 1.71 bits per heavy atom. The maximum Gasteiger partial charge on any atom is 0.276 e. The summed E-state index contributed by atoms with van der Waals surface area (Å²) in [4.78, 5) is 13.8. The highest BCUT2D eigenvalue weighted by atomic mass is 16.5. The third-order valence-electron chi connectivity index (χ3n) is 2.64. The Morgan fingerprint density at radius 2 is 2.53 bits per heavy atom. The average Bonchev–Trinajstić information content (AvgIpc) is 2.77. The van der Waals surface area contributed by atoms with Crippen molar-refractivity contribution in [2.24, 2.45) is 5.73 Å². The van der Waals surface area contributed by atoms with Gasteiger partial charge in [0.1, 0.15) is 0 Å². The van der Waals surface area contributed by atoms with Crippen molar-refractivity contribution in [1.29, 1.82) is 0 Å². The van der Waals surface area contributed by atoms with Crippen molar-refractivity contribution in [1.82, 2.24) is 19.9 Å². The summed E-state index contributed by atoms with van der Waals surface area (Å²) in [5, 5.41) is 7.71. The first-order valence-corrected chi connectivity index (χ1v) is 5.72. The third kappa shape index (κ3) is 2.80. The zero-order valence-electron chi connectivity index (χ0n) is 9.87. The highest BCUT2D eigenvalue weighted by molar-refractivity contribution is 5.92. The molecule has 1 aromatic rings. The van der Waals surface area contributed by atoms with Crippen molar-refractivity contribution in [3.8, 4) is 0 Å². The number of hydrogen-bond acceptors (Lipinski definition) is 5. The third-order valence-corrected chi connectivity index (χ3v) is 2.64. The van der Waals surface area contributed by atoms with Crippen LogP contribution in [-0.4, -0.2) is 58.1 Å². The van der Waals surface area contributed by atoms with Crippen LogP contribution in [0.1, 0.15) is 17.4 Å². The largest absolute Gasteiger partial charge is 0.375 e. The molecule has 1 saturated heterocycles. The topological polar surface area (TPSA) is 86.3 Å². The van der Waals surface area contributed by atoms with Crippen LogP contribution < -0.4 is 5.73 Å². The summed E-state index contributed by atoms with van der Waals surface area (Å²) in [6.45, 7) is 4.77. The second kappa shape index (κ2) is 5.24. The van der Waals surface area contributed by atoms with Gasteiger partial charge in [-0.3, -0.25) is 9.48 Å². The maximum atomic E-state index is 12.1. The molecule has 7 nitrogen and oxygen atoms in total. The van der Waals surface area contributed by atoms with E-state index < -0.39 is 0 Å². The summed E-state index contributed by atoms with van der Waals surface area (Å²) >= 11 is 0. The lowest BCUT2D eigenvalue weighted by Gasteiger charge is -2.30. The summed E-state index contributed by atoms with van der Waals surface area (Å²) in [7, 11) is 0. The maximum absolute atomic E-state index is 12.1. The van der Waals surface area contributed by atoms with Gasteiger partial charge in [0.2, 0.25) is 0 Å². The van der Waals surface area contributed by atoms with Gasteiger partial charge >= 0.3 is 0 Å². The van der Waals surface area contributed by atoms with Crippen LogP contribution in [0.3, 0.4) is 0 Å². The number of amides is 1. The number of morpholine rings is 1. The molecule has 0 aromatic carbocycles. The Morgan fingerprint density at radius 3 is 3.24 bits per heavy atom. The van der Waals surface area contributed by atoms with Gasteiger partial charge in [-0.1, -0.05) is 5.21 Å². The van der Waals surface area contributed by atoms with E-state index in [0.29, 0.717) is 38.5 Å². The highest BCUT2D eigenvalue weighted by Crippen LogP contribution is 2.08. The summed E-state index contributed by atoms with van der Waals surface area (Å²) in [6, 6.07) is 0. The molecule has 0 bridgehead atoms. The van der Waals surface area contributed by atoms with Crippen molar-refractivity contribution in [2.45, 2.75) is 19.6 Å². The molecule has 1 aliphatic heterocycles. The van der Waals surface area contributed by atoms with Crippen molar-refractivity contribution in [3.63, 3.8) is 0 Å². The van der Waals surface area contributed by atoms with Gasteiger partial charge in [-0.25, -0.2) is 0 Å². The molecule has 0 aliphatic carbocycles. The van der Waals surface area contributed by atoms with Crippen LogP contribution in [0.15, 0.2) is 6.20 Å². The van der Waals surface area contributed by atoms with Gasteiger partial charge in [-0.15, -0.1) is 5.10 Å². The number of nitrogens with two attached hydrogens (primary N) is 1.